The molecular formula is C10H18NO3. The van der Waals surface area contributed by atoms with Crippen LogP contribution in [0.25, 0.3) is 0 Å². The number of nitrogens with one attached hydrogen (secondary N) is 1. The van der Waals surface area contributed by atoms with Gasteiger partial charge in [-0.15, -0.1) is 0 Å². The van der Waals surface area contributed by atoms with E-state index in [0.29, 0.717) is 0 Å². The van der Waals surface area contributed by atoms with Gasteiger partial charge in [-0.3, -0.25) is 4.79 Å². The molecule has 0 spiro atoms. The van der Waals surface area contributed by atoms with Crippen LogP contribution in [0.15, 0.2) is 0 Å². The molecule has 4 heteroatoms. The molecule has 0 aromatic carbocycles. The molecule has 0 heterocycles. The Kier molecular flexibility index (Phi) is 4.10. The van der Waals surface area contributed by atoms with Crippen LogP contribution in [0.5, 0.6) is 0 Å². The summed E-state index contributed by atoms with van der Waals surface area (Å²) in [6.45, 7) is 8.83. The van der Waals surface area contributed by atoms with Gasteiger partial charge in [-0.05, 0) is 34.6 Å². The highest BCUT2D eigenvalue weighted by Gasteiger charge is 2.24. The molecule has 0 unspecified atom stereocenters. The van der Waals surface area contributed by atoms with Crippen LogP contribution in [0.2, 0.25) is 0 Å². The lowest BCUT2D eigenvalue weighted by Crippen LogP contribution is -2.46. The second-order valence-electron chi connectivity index (χ2n) is 4.83. The highest BCUT2D eigenvalue weighted by molar-refractivity contribution is 5.69. The molecule has 1 N–H and O–H groups in total. The molecule has 1 radical (unpaired) electrons. The number of hydrogen-bond donors (Lipinski definition) is 1. The minimum Gasteiger partial charge on any atom is -0.444 e. The zero-order valence-corrected chi connectivity index (χ0v) is 9.43. The lowest BCUT2D eigenvalue weighted by atomic mass is 10.0. The zero-order chi connectivity index (χ0) is 11.4. The molecule has 0 saturated carbocycles. The third kappa shape index (κ3) is 6.46. The molecule has 0 aliphatic rings. The van der Waals surface area contributed by atoms with Crippen molar-refractivity contribution in [1.82, 2.24) is 5.32 Å². The molecule has 0 aromatic heterocycles. The number of hydrogen-bond acceptors (Lipinski definition) is 3. The van der Waals surface area contributed by atoms with E-state index in [2.05, 4.69) is 5.32 Å². The maximum Gasteiger partial charge on any atom is 0.408 e. The molecule has 4 nitrogen and oxygen atoms in total. The highest BCUT2D eigenvalue weighted by atomic mass is 16.6. The second-order valence-corrected chi connectivity index (χ2v) is 4.83. The zero-order valence-electron chi connectivity index (χ0n) is 9.43. The first-order valence-electron chi connectivity index (χ1n) is 4.52. The lowest BCUT2D eigenvalue weighted by Gasteiger charge is -2.26. The summed E-state index contributed by atoms with van der Waals surface area (Å²) in [5.74, 6) is 0. The Bertz CT molecular complexity index is 216. The van der Waals surface area contributed by atoms with Gasteiger partial charge in [-0.1, -0.05) is 0 Å². The molecule has 0 rings (SSSR count). The molecule has 0 fully saturated rings. The van der Waals surface area contributed by atoms with Crippen LogP contribution in [0, 0.1) is 0 Å². The van der Waals surface area contributed by atoms with Crippen molar-refractivity contribution in [2.24, 2.45) is 0 Å². The number of ether oxygens (including phenoxy) is 1. The topological polar surface area (TPSA) is 55.4 Å². The molecule has 0 atom stereocenters. The van der Waals surface area contributed by atoms with Crippen molar-refractivity contribution in [3.8, 4) is 0 Å². The molecular weight excluding hydrogens is 182 g/mol. The van der Waals surface area contributed by atoms with Crippen LogP contribution in [-0.2, 0) is 9.53 Å². The van der Waals surface area contributed by atoms with Gasteiger partial charge in [-0.2, -0.15) is 0 Å². The van der Waals surface area contributed by atoms with Crippen LogP contribution < -0.4 is 5.32 Å². The molecule has 0 bridgehead atoms. The first-order chi connectivity index (χ1) is 6.16. The maximum absolute atomic E-state index is 11.3. The Balaban J connectivity index is 4.12. The second kappa shape index (κ2) is 4.44. The van der Waals surface area contributed by atoms with E-state index < -0.39 is 17.2 Å². The molecule has 0 saturated heterocycles. The summed E-state index contributed by atoms with van der Waals surface area (Å²) < 4.78 is 5.04. The monoisotopic (exact) mass is 200 g/mol. The predicted molar refractivity (Wildman–Crippen MR) is 53.8 cm³/mol. The smallest absolute Gasteiger partial charge is 0.408 e. The van der Waals surface area contributed by atoms with Crippen molar-refractivity contribution in [3.63, 3.8) is 0 Å². The Hall–Kier alpha value is -1.06. The summed E-state index contributed by atoms with van der Waals surface area (Å²) >= 11 is 0. The van der Waals surface area contributed by atoms with E-state index in [1.54, 1.807) is 40.9 Å². The van der Waals surface area contributed by atoms with Crippen LogP contribution >= 0.6 is 0 Å². The Morgan fingerprint density at radius 2 is 1.79 bits per heavy atom. The minimum atomic E-state index is -0.607. The van der Waals surface area contributed by atoms with Crippen molar-refractivity contribution < 1.29 is 14.3 Å². The van der Waals surface area contributed by atoms with Crippen molar-refractivity contribution in [1.29, 1.82) is 0 Å². The van der Waals surface area contributed by atoms with Crippen molar-refractivity contribution in [3.05, 3.63) is 0 Å². The van der Waals surface area contributed by atoms with E-state index in [1.165, 1.54) is 0 Å². The SMILES string of the molecule is CC(C)(C[C]=O)NC(=O)OC(C)(C)C. The number of carbonyl (C=O) groups excluding carboxylic acids is 2. The van der Waals surface area contributed by atoms with Crippen molar-refractivity contribution in [2.75, 3.05) is 0 Å². The van der Waals surface area contributed by atoms with Gasteiger partial charge in [0.1, 0.15) is 5.60 Å². The Morgan fingerprint density at radius 3 is 2.14 bits per heavy atom. The van der Waals surface area contributed by atoms with Crippen LogP contribution in [0.4, 0.5) is 4.79 Å². The van der Waals surface area contributed by atoms with Crippen LogP contribution in [0.3, 0.4) is 0 Å². The van der Waals surface area contributed by atoms with E-state index in [1.807, 2.05) is 0 Å². The standard InChI is InChI=1S/C10H18NO3/c1-9(2,3)14-8(13)11-10(4,5)6-7-12/h6H2,1-5H3,(H,11,13). The van der Waals surface area contributed by atoms with Crippen molar-refractivity contribution in [2.45, 2.75) is 52.2 Å². The van der Waals surface area contributed by atoms with Gasteiger partial charge in [0.25, 0.3) is 0 Å². The highest BCUT2D eigenvalue weighted by Crippen LogP contribution is 2.10. The van der Waals surface area contributed by atoms with Gasteiger partial charge in [0, 0.05) is 12.0 Å². The molecule has 0 aromatic rings. The van der Waals surface area contributed by atoms with Crippen molar-refractivity contribution >= 4 is 12.4 Å². The first kappa shape index (κ1) is 12.9. The molecule has 0 aliphatic carbocycles. The summed E-state index contributed by atoms with van der Waals surface area (Å²) in [4.78, 5) is 21.5. The Labute approximate surface area is 85.0 Å². The predicted octanol–water partition coefficient (Wildman–Crippen LogP) is 1.79. The van der Waals surface area contributed by atoms with Gasteiger partial charge in [0.2, 0.25) is 6.29 Å². The number of amides is 1. The lowest BCUT2D eigenvalue weighted by molar-refractivity contribution is 0.0475. The Morgan fingerprint density at radius 1 is 1.29 bits per heavy atom. The summed E-state index contributed by atoms with van der Waals surface area (Å²) in [5, 5.41) is 2.59. The quantitative estimate of drug-likeness (QED) is 0.755. The third-order valence-corrected chi connectivity index (χ3v) is 1.35. The molecule has 1 amide bonds. The summed E-state index contributed by atoms with van der Waals surface area (Å²) in [7, 11) is 0. The normalized spacial score (nSPS) is 12.1. The number of rotatable bonds is 3. The molecule has 81 valence electrons. The van der Waals surface area contributed by atoms with Gasteiger partial charge in [0.15, 0.2) is 0 Å². The number of alkyl carbamates (subject to hydrolysis) is 1. The maximum atomic E-state index is 11.3. The van der Waals surface area contributed by atoms with E-state index in [-0.39, 0.29) is 6.42 Å². The average Bonchev–Trinajstić information content (AvgIpc) is 1.78. The van der Waals surface area contributed by atoms with E-state index in [4.69, 9.17) is 4.74 Å². The molecule has 14 heavy (non-hydrogen) atoms. The van der Waals surface area contributed by atoms with E-state index in [9.17, 15) is 9.59 Å². The summed E-state index contributed by atoms with van der Waals surface area (Å²) in [5.41, 5.74) is -1.13. The van der Waals surface area contributed by atoms with Crippen LogP contribution in [0.1, 0.15) is 41.0 Å². The fourth-order valence-electron chi connectivity index (χ4n) is 0.805. The first-order valence-corrected chi connectivity index (χ1v) is 4.52. The molecule has 0 aliphatic heterocycles. The minimum absolute atomic E-state index is 0.145. The van der Waals surface area contributed by atoms with E-state index >= 15 is 0 Å². The number of carbonyl (C=O) groups is 1. The third-order valence-electron chi connectivity index (χ3n) is 1.35. The van der Waals surface area contributed by atoms with Crippen LogP contribution in [-0.4, -0.2) is 23.5 Å². The summed E-state index contributed by atoms with van der Waals surface area (Å²) in [6.07, 6.45) is 1.39. The van der Waals surface area contributed by atoms with Gasteiger partial charge in [-0.25, -0.2) is 4.79 Å². The largest absolute Gasteiger partial charge is 0.444 e. The average molecular weight is 200 g/mol. The van der Waals surface area contributed by atoms with Gasteiger partial charge >= 0.3 is 6.09 Å². The van der Waals surface area contributed by atoms with E-state index in [0.717, 1.165) is 0 Å². The summed E-state index contributed by atoms with van der Waals surface area (Å²) in [6, 6.07) is 0. The fraction of sp³-hybridized carbons (Fsp3) is 0.800. The van der Waals surface area contributed by atoms with Gasteiger partial charge < -0.3 is 10.1 Å². The fourth-order valence-corrected chi connectivity index (χ4v) is 0.805. The van der Waals surface area contributed by atoms with Gasteiger partial charge in [0.05, 0.1) is 0 Å².